The number of ether oxygens (including phenoxy) is 3. The number of rotatable bonds is 9. The highest BCUT2D eigenvalue weighted by molar-refractivity contribution is 4.74. The van der Waals surface area contributed by atoms with Crippen LogP contribution in [0.3, 0.4) is 0 Å². The molecule has 0 aromatic heterocycles. The van der Waals surface area contributed by atoms with E-state index in [-0.39, 0.29) is 0 Å². The third kappa shape index (κ3) is 6.99. The van der Waals surface area contributed by atoms with Crippen LogP contribution in [0.25, 0.3) is 0 Å². The van der Waals surface area contributed by atoms with Crippen molar-refractivity contribution in [3.05, 3.63) is 0 Å². The number of hydrogen-bond donors (Lipinski definition) is 1. The summed E-state index contributed by atoms with van der Waals surface area (Å²) in [6.45, 7) is 7.37. The highest BCUT2D eigenvalue weighted by atomic mass is 16.5. The molecular weight excluding hydrogens is 218 g/mol. The van der Waals surface area contributed by atoms with Crippen LogP contribution in [0.1, 0.15) is 26.2 Å². The molecule has 1 aliphatic rings. The molecule has 0 amide bonds. The van der Waals surface area contributed by atoms with Gasteiger partial charge in [-0.25, -0.2) is 0 Å². The van der Waals surface area contributed by atoms with Crippen LogP contribution in [0.4, 0.5) is 0 Å². The third-order valence-corrected chi connectivity index (χ3v) is 3.34. The van der Waals surface area contributed by atoms with Crippen molar-refractivity contribution in [3.63, 3.8) is 0 Å². The van der Waals surface area contributed by atoms with E-state index in [4.69, 9.17) is 14.2 Å². The van der Waals surface area contributed by atoms with Crippen molar-refractivity contribution in [2.45, 2.75) is 32.2 Å². The minimum atomic E-state index is 0.595. The maximum atomic E-state index is 5.42. The van der Waals surface area contributed by atoms with E-state index in [2.05, 4.69) is 12.2 Å². The summed E-state index contributed by atoms with van der Waals surface area (Å²) >= 11 is 0. The Morgan fingerprint density at radius 3 is 2.71 bits per heavy atom. The largest absolute Gasteiger partial charge is 0.382 e. The van der Waals surface area contributed by atoms with Crippen molar-refractivity contribution in [1.82, 2.24) is 5.32 Å². The molecule has 0 radical (unpaired) electrons. The molecule has 4 nitrogen and oxygen atoms in total. The lowest BCUT2D eigenvalue weighted by Crippen LogP contribution is -2.37. The lowest BCUT2D eigenvalue weighted by atomic mass is 9.93. The molecule has 0 bridgehead atoms. The van der Waals surface area contributed by atoms with Gasteiger partial charge in [0, 0.05) is 33.0 Å². The molecular formula is C13H27NO3. The summed E-state index contributed by atoms with van der Waals surface area (Å²) < 4.78 is 15.7. The summed E-state index contributed by atoms with van der Waals surface area (Å²) in [6, 6.07) is 0.595. The molecule has 0 aromatic carbocycles. The molecule has 0 aliphatic carbocycles. The second-order valence-electron chi connectivity index (χ2n) is 4.65. The van der Waals surface area contributed by atoms with Crippen molar-refractivity contribution < 1.29 is 14.2 Å². The van der Waals surface area contributed by atoms with Gasteiger partial charge in [0.25, 0.3) is 0 Å². The van der Waals surface area contributed by atoms with Gasteiger partial charge in [0.15, 0.2) is 0 Å². The fourth-order valence-electron chi connectivity index (χ4n) is 2.13. The van der Waals surface area contributed by atoms with Crippen LogP contribution < -0.4 is 5.32 Å². The molecule has 1 N–H and O–H groups in total. The van der Waals surface area contributed by atoms with E-state index in [9.17, 15) is 0 Å². The summed E-state index contributed by atoms with van der Waals surface area (Å²) in [5.41, 5.74) is 0. The second kappa shape index (κ2) is 9.83. The van der Waals surface area contributed by atoms with Crippen LogP contribution >= 0.6 is 0 Å². The quantitative estimate of drug-likeness (QED) is 0.624. The summed E-state index contributed by atoms with van der Waals surface area (Å²) in [4.78, 5) is 0. The zero-order chi connectivity index (χ0) is 12.3. The minimum absolute atomic E-state index is 0.595. The molecule has 17 heavy (non-hydrogen) atoms. The Bertz CT molecular complexity index is 172. The fraction of sp³-hybridized carbons (Fsp3) is 1.00. The molecule has 0 aromatic rings. The van der Waals surface area contributed by atoms with Gasteiger partial charge in [-0.3, -0.25) is 0 Å². The number of methoxy groups -OCH3 is 1. The summed E-state index contributed by atoms with van der Waals surface area (Å²) in [5, 5.41) is 3.58. The number of hydrogen-bond acceptors (Lipinski definition) is 4. The van der Waals surface area contributed by atoms with E-state index < -0.39 is 0 Å². The molecule has 0 spiro atoms. The Kier molecular flexibility index (Phi) is 8.61. The van der Waals surface area contributed by atoms with Gasteiger partial charge in [0.1, 0.15) is 0 Å². The lowest BCUT2D eigenvalue weighted by Gasteiger charge is -2.28. The third-order valence-electron chi connectivity index (χ3n) is 3.34. The molecule has 4 heteroatoms. The molecule has 1 atom stereocenters. The average molecular weight is 245 g/mol. The van der Waals surface area contributed by atoms with Crippen LogP contribution in [0, 0.1) is 5.92 Å². The smallest absolute Gasteiger partial charge is 0.0700 e. The predicted molar refractivity (Wildman–Crippen MR) is 68.3 cm³/mol. The van der Waals surface area contributed by atoms with E-state index in [1.54, 1.807) is 7.11 Å². The van der Waals surface area contributed by atoms with Crippen LogP contribution in [0.2, 0.25) is 0 Å². The first-order valence-electron chi connectivity index (χ1n) is 6.72. The Labute approximate surface area is 105 Å². The van der Waals surface area contributed by atoms with Gasteiger partial charge in [-0.1, -0.05) is 0 Å². The fourth-order valence-corrected chi connectivity index (χ4v) is 2.13. The maximum Gasteiger partial charge on any atom is 0.0700 e. The predicted octanol–water partition coefficient (Wildman–Crippen LogP) is 1.44. The van der Waals surface area contributed by atoms with Gasteiger partial charge in [0.05, 0.1) is 13.2 Å². The molecule has 1 unspecified atom stereocenters. The van der Waals surface area contributed by atoms with Gasteiger partial charge in [0.2, 0.25) is 0 Å². The Hall–Kier alpha value is -0.160. The molecule has 1 rings (SSSR count). The molecule has 1 aliphatic heterocycles. The molecule has 1 saturated heterocycles. The number of nitrogens with one attached hydrogen (secondary N) is 1. The average Bonchev–Trinajstić information content (AvgIpc) is 2.38. The summed E-state index contributed by atoms with van der Waals surface area (Å²) in [5.74, 6) is 0.776. The molecule has 102 valence electrons. The van der Waals surface area contributed by atoms with Crippen molar-refractivity contribution in [3.8, 4) is 0 Å². The van der Waals surface area contributed by atoms with Crippen LogP contribution in [0.15, 0.2) is 0 Å². The van der Waals surface area contributed by atoms with E-state index in [0.29, 0.717) is 19.3 Å². The lowest BCUT2D eigenvalue weighted by molar-refractivity contribution is 0.0540. The summed E-state index contributed by atoms with van der Waals surface area (Å²) in [6.07, 6.45) is 3.45. The van der Waals surface area contributed by atoms with Gasteiger partial charge < -0.3 is 19.5 Å². The van der Waals surface area contributed by atoms with E-state index in [0.717, 1.165) is 38.7 Å². The van der Waals surface area contributed by atoms with E-state index in [1.807, 2.05) is 0 Å². The first kappa shape index (κ1) is 14.9. The zero-order valence-corrected chi connectivity index (χ0v) is 11.2. The highest BCUT2D eigenvalue weighted by Crippen LogP contribution is 2.18. The van der Waals surface area contributed by atoms with Gasteiger partial charge in [-0.15, -0.1) is 0 Å². The summed E-state index contributed by atoms with van der Waals surface area (Å²) in [7, 11) is 1.69. The van der Waals surface area contributed by atoms with Crippen molar-refractivity contribution in [2.24, 2.45) is 5.92 Å². The van der Waals surface area contributed by atoms with Crippen LogP contribution in [-0.2, 0) is 14.2 Å². The monoisotopic (exact) mass is 245 g/mol. The molecule has 1 fully saturated rings. The standard InChI is InChI=1S/C13H27NO3/c1-12(13-4-8-17-9-5-13)14-6-3-7-16-11-10-15-2/h12-14H,3-11H2,1-2H3. The Balaban J connectivity index is 1.90. The molecule has 0 saturated carbocycles. The molecule has 1 heterocycles. The SMILES string of the molecule is COCCOCCCNC(C)C1CCOCC1. The van der Waals surface area contributed by atoms with Gasteiger partial charge >= 0.3 is 0 Å². The first-order chi connectivity index (χ1) is 8.34. The van der Waals surface area contributed by atoms with Crippen LogP contribution in [-0.4, -0.2) is 52.7 Å². The Morgan fingerprint density at radius 2 is 2.00 bits per heavy atom. The highest BCUT2D eigenvalue weighted by Gasteiger charge is 2.19. The van der Waals surface area contributed by atoms with Crippen LogP contribution in [0.5, 0.6) is 0 Å². The van der Waals surface area contributed by atoms with E-state index in [1.165, 1.54) is 12.8 Å². The van der Waals surface area contributed by atoms with Crippen molar-refractivity contribution >= 4 is 0 Å². The van der Waals surface area contributed by atoms with Crippen molar-refractivity contribution in [1.29, 1.82) is 0 Å². The minimum Gasteiger partial charge on any atom is -0.382 e. The van der Waals surface area contributed by atoms with Gasteiger partial charge in [-0.05, 0) is 38.6 Å². The zero-order valence-electron chi connectivity index (χ0n) is 11.2. The second-order valence-corrected chi connectivity index (χ2v) is 4.65. The normalized spacial score (nSPS) is 19.4. The Morgan fingerprint density at radius 1 is 1.24 bits per heavy atom. The first-order valence-corrected chi connectivity index (χ1v) is 6.72. The van der Waals surface area contributed by atoms with E-state index >= 15 is 0 Å². The maximum absolute atomic E-state index is 5.42. The topological polar surface area (TPSA) is 39.7 Å². The van der Waals surface area contributed by atoms with Crippen molar-refractivity contribution in [2.75, 3.05) is 46.7 Å². The van der Waals surface area contributed by atoms with Gasteiger partial charge in [-0.2, -0.15) is 0 Å².